The van der Waals surface area contributed by atoms with Crippen LogP contribution in [0.2, 0.25) is 0 Å². The Morgan fingerprint density at radius 3 is 2.43 bits per heavy atom. The summed E-state index contributed by atoms with van der Waals surface area (Å²) in [7, 11) is 3.34. The number of carbonyl (C=O) groups is 1. The van der Waals surface area contributed by atoms with E-state index in [2.05, 4.69) is 35.4 Å². The summed E-state index contributed by atoms with van der Waals surface area (Å²) in [6, 6.07) is 11.3. The number of nitrogens with one attached hydrogen (secondary N) is 1. The third-order valence-electron chi connectivity index (χ3n) is 6.59. The van der Waals surface area contributed by atoms with Crippen molar-refractivity contribution in [3.8, 4) is 11.5 Å². The van der Waals surface area contributed by atoms with Gasteiger partial charge in [-0.05, 0) is 67.0 Å². The zero-order valence-corrected chi connectivity index (χ0v) is 21.7. The van der Waals surface area contributed by atoms with E-state index in [-0.39, 0.29) is 29.7 Å². The Kier molecular flexibility index (Phi) is 7.30. The molecule has 7 nitrogen and oxygen atoms in total. The van der Waals surface area contributed by atoms with Crippen molar-refractivity contribution in [2.45, 2.75) is 52.4 Å². The fraction of sp³-hybridized carbons (Fsp3) is 0.481. The Bertz CT molecular complexity index is 1250. The summed E-state index contributed by atoms with van der Waals surface area (Å²) in [6.45, 7) is 6.72. The van der Waals surface area contributed by atoms with Gasteiger partial charge >= 0.3 is 6.36 Å². The van der Waals surface area contributed by atoms with Crippen molar-refractivity contribution >= 4 is 28.6 Å². The van der Waals surface area contributed by atoms with E-state index in [1.54, 1.807) is 20.2 Å². The second-order valence-corrected chi connectivity index (χ2v) is 10.8. The third kappa shape index (κ3) is 6.67. The Balaban J connectivity index is 1.68. The molecule has 3 aromatic rings. The van der Waals surface area contributed by atoms with Crippen LogP contribution in [0.15, 0.2) is 42.5 Å². The number of alkyl halides is 3. The lowest BCUT2D eigenvalue weighted by atomic mass is 9.70. The quantitative estimate of drug-likeness (QED) is 0.385. The lowest BCUT2D eigenvalue weighted by molar-refractivity contribution is -0.274. The fourth-order valence-electron chi connectivity index (χ4n) is 5.26. The summed E-state index contributed by atoms with van der Waals surface area (Å²) in [5.41, 5.74) is 2.36. The number of benzene rings is 2. The first-order chi connectivity index (χ1) is 17.3. The first-order valence-corrected chi connectivity index (χ1v) is 12.3. The number of likely N-dealkylation sites (N-methyl/N-ethyl adjacent to an activating group) is 1. The second kappa shape index (κ2) is 10.1. The maximum absolute atomic E-state index is 12.5. The van der Waals surface area contributed by atoms with Crippen molar-refractivity contribution in [1.29, 1.82) is 0 Å². The zero-order chi connectivity index (χ0) is 27.0. The molecule has 1 heterocycles. The van der Waals surface area contributed by atoms with Gasteiger partial charge in [0.15, 0.2) is 6.61 Å². The highest BCUT2D eigenvalue weighted by atomic mass is 19.4. The second-order valence-electron chi connectivity index (χ2n) is 10.8. The van der Waals surface area contributed by atoms with Crippen LogP contribution < -0.4 is 14.8 Å². The average molecular weight is 519 g/mol. The summed E-state index contributed by atoms with van der Waals surface area (Å²) in [5, 5.41) is 3.29. The van der Waals surface area contributed by atoms with Crippen LogP contribution in [0, 0.1) is 11.3 Å². The van der Waals surface area contributed by atoms with E-state index in [1.807, 2.05) is 12.1 Å². The van der Waals surface area contributed by atoms with Crippen LogP contribution in [-0.4, -0.2) is 47.4 Å². The van der Waals surface area contributed by atoms with Crippen molar-refractivity contribution in [1.82, 2.24) is 14.5 Å². The minimum atomic E-state index is -4.75. The first kappa shape index (κ1) is 26.6. The molecule has 1 saturated carbocycles. The van der Waals surface area contributed by atoms with Crippen molar-refractivity contribution in [2.24, 2.45) is 11.3 Å². The number of ether oxygens (including phenoxy) is 2. The number of imidazole rings is 1. The van der Waals surface area contributed by atoms with Crippen LogP contribution in [0.25, 0.3) is 11.0 Å². The first-order valence-electron chi connectivity index (χ1n) is 12.3. The predicted molar refractivity (Wildman–Crippen MR) is 136 cm³/mol. The van der Waals surface area contributed by atoms with Gasteiger partial charge in [0.1, 0.15) is 11.5 Å². The number of halogens is 3. The van der Waals surface area contributed by atoms with Crippen LogP contribution in [0.4, 0.5) is 24.8 Å². The summed E-state index contributed by atoms with van der Waals surface area (Å²) in [6.07, 6.45) is -1.66. The van der Waals surface area contributed by atoms with Gasteiger partial charge in [0.25, 0.3) is 5.91 Å². The minimum Gasteiger partial charge on any atom is -0.484 e. The third-order valence-corrected chi connectivity index (χ3v) is 6.59. The maximum Gasteiger partial charge on any atom is 0.573 e. The van der Waals surface area contributed by atoms with Gasteiger partial charge in [-0.15, -0.1) is 13.2 Å². The summed E-state index contributed by atoms with van der Waals surface area (Å²) in [4.78, 5) is 18.2. The Morgan fingerprint density at radius 1 is 1.14 bits per heavy atom. The van der Waals surface area contributed by atoms with Gasteiger partial charge in [-0.3, -0.25) is 4.79 Å². The van der Waals surface area contributed by atoms with Crippen molar-refractivity contribution in [2.75, 3.05) is 26.0 Å². The highest BCUT2D eigenvalue weighted by Gasteiger charge is 2.35. The van der Waals surface area contributed by atoms with Crippen LogP contribution >= 0.6 is 0 Å². The van der Waals surface area contributed by atoms with E-state index in [4.69, 9.17) is 9.72 Å². The Morgan fingerprint density at radius 2 is 1.81 bits per heavy atom. The van der Waals surface area contributed by atoms with Gasteiger partial charge in [0.2, 0.25) is 5.95 Å². The number of hydrogen-bond acceptors (Lipinski definition) is 5. The number of aromatic nitrogens is 2. The molecule has 10 heteroatoms. The molecule has 2 atom stereocenters. The number of hydrogen-bond donors (Lipinski definition) is 1. The molecule has 0 radical (unpaired) electrons. The Labute approximate surface area is 214 Å². The lowest BCUT2D eigenvalue weighted by Crippen LogP contribution is -2.29. The molecule has 0 spiro atoms. The molecule has 0 saturated heterocycles. The van der Waals surface area contributed by atoms with E-state index in [0.29, 0.717) is 28.8 Å². The monoisotopic (exact) mass is 518 g/mol. The number of anilines is 2. The average Bonchev–Trinajstić information content (AvgIpc) is 3.13. The lowest BCUT2D eigenvalue weighted by Gasteiger charge is -2.40. The maximum atomic E-state index is 12.5. The molecule has 1 fully saturated rings. The topological polar surface area (TPSA) is 68.6 Å². The predicted octanol–water partition coefficient (Wildman–Crippen LogP) is 6.53. The minimum absolute atomic E-state index is 0.0784. The van der Waals surface area contributed by atoms with Crippen LogP contribution in [0.3, 0.4) is 0 Å². The normalized spacial score (nSPS) is 19.5. The standard InChI is InChI=1S/C27H33F3N4O3/c1-17-12-19(15-26(2,3)14-17)34-23-11-10-21(36-16-24(35)33(4)5)13-22(23)32-25(34)31-18-6-8-20(9-7-18)37-27(28,29)30/h6-11,13,17,19H,12,14-16H2,1-5H3,(H,31,32)/t17-,19+/m1/s1. The largest absolute Gasteiger partial charge is 0.573 e. The molecule has 0 bridgehead atoms. The zero-order valence-electron chi connectivity index (χ0n) is 21.7. The summed E-state index contributed by atoms with van der Waals surface area (Å²) in [5.74, 6) is 1.21. The van der Waals surface area contributed by atoms with E-state index in [9.17, 15) is 18.0 Å². The SMILES string of the molecule is C[C@@H]1C[C@H](n2c(Nc3ccc(OC(F)(F)F)cc3)nc3cc(OCC(=O)N(C)C)ccc32)CC(C)(C)C1. The molecule has 2 aromatic carbocycles. The number of amides is 1. The van der Waals surface area contributed by atoms with Crippen LogP contribution in [0.5, 0.6) is 11.5 Å². The molecular weight excluding hydrogens is 485 g/mol. The molecule has 1 aliphatic carbocycles. The fourth-order valence-corrected chi connectivity index (χ4v) is 5.26. The molecular formula is C27H33F3N4O3. The van der Waals surface area contributed by atoms with Gasteiger partial charge in [-0.25, -0.2) is 4.98 Å². The summed E-state index contributed by atoms with van der Waals surface area (Å²) >= 11 is 0. The molecule has 37 heavy (non-hydrogen) atoms. The van der Waals surface area contributed by atoms with Crippen molar-refractivity contribution in [3.63, 3.8) is 0 Å². The molecule has 1 aliphatic rings. The molecule has 1 aromatic heterocycles. The van der Waals surface area contributed by atoms with Gasteiger partial charge in [-0.1, -0.05) is 20.8 Å². The van der Waals surface area contributed by atoms with E-state index < -0.39 is 6.36 Å². The van der Waals surface area contributed by atoms with Gasteiger partial charge in [0, 0.05) is 31.9 Å². The smallest absolute Gasteiger partial charge is 0.484 e. The molecule has 200 valence electrons. The highest BCUT2D eigenvalue weighted by Crippen LogP contribution is 2.46. The molecule has 4 rings (SSSR count). The molecule has 0 aliphatic heterocycles. The van der Waals surface area contributed by atoms with Gasteiger partial charge in [0.05, 0.1) is 11.0 Å². The van der Waals surface area contributed by atoms with Gasteiger partial charge < -0.3 is 24.3 Å². The van der Waals surface area contributed by atoms with E-state index in [1.165, 1.54) is 29.2 Å². The summed E-state index contributed by atoms with van der Waals surface area (Å²) < 4.78 is 49.5. The van der Waals surface area contributed by atoms with E-state index in [0.717, 1.165) is 24.8 Å². The van der Waals surface area contributed by atoms with E-state index >= 15 is 0 Å². The number of fused-ring (bicyclic) bond motifs is 1. The molecule has 1 amide bonds. The van der Waals surface area contributed by atoms with Crippen LogP contribution in [-0.2, 0) is 4.79 Å². The highest BCUT2D eigenvalue weighted by molar-refractivity contribution is 5.82. The Hall–Kier alpha value is -3.43. The number of nitrogens with zero attached hydrogens (tertiary/aromatic N) is 3. The van der Waals surface area contributed by atoms with Crippen molar-refractivity contribution < 1.29 is 27.4 Å². The molecule has 1 N–H and O–H groups in total. The number of carbonyl (C=O) groups excluding carboxylic acids is 1. The van der Waals surface area contributed by atoms with Gasteiger partial charge in [-0.2, -0.15) is 0 Å². The molecule has 0 unspecified atom stereocenters. The number of rotatable bonds is 7. The van der Waals surface area contributed by atoms with Crippen molar-refractivity contribution in [3.05, 3.63) is 42.5 Å². The van der Waals surface area contributed by atoms with Crippen LogP contribution in [0.1, 0.15) is 46.1 Å².